The van der Waals surface area contributed by atoms with Gasteiger partial charge in [0.2, 0.25) is 5.91 Å². The van der Waals surface area contributed by atoms with Crippen LogP contribution in [0.2, 0.25) is 0 Å². The molecule has 0 aliphatic heterocycles. The zero-order chi connectivity index (χ0) is 15.0. The van der Waals surface area contributed by atoms with Crippen molar-refractivity contribution in [3.05, 3.63) is 29.8 Å². The third-order valence-electron chi connectivity index (χ3n) is 2.66. The number of methoxy groups -OCH3 is 3. The first kappa shape index (κ1) is 16.0. The highest BCUT2D eigenvalue weighted by Gasteiger charge is 2.05. The first-order valence-electron chi connectivity index (χ1n) is 6.30. The fourth-order valence-electron chi connectivity index (χ4n) is 1.70. The van der Waals surface area contributed by atoms with Gasteiger partial charge < -0.3 is 19.5 Å². The van der Waals surface area contributed by atoms with E-state index in [1.807, 2.05) is 19.1 Å². The smallest absolute Gasteiger partial charge is 0.244 e. The lowest BCUT2D eigenvalue weighted by Gasteiger charge is -2.11. The van der Waals surface area contributed by atoms with Gasteiger partial charge in [-0.05, 0) is 25.1 Å². The number of hydrogen-bond donors (Lipinski definition) is 1. The van der Waals surface area contributed by atoms with Crippen LogP contribution in [0.1, 0.15) is 12.5 Å². The first-order valence-corrected chi connectivity index (χ1v) is 6.30. The summed E-state index contributed by atoms with van der Waals surface area (Å²) in [7, 11) is 4.77. The summed E-state index contributed by atoms with van der Waals surface area (Å²) in [6.45, 7) is 2.36. The quantitative estimate of drug-likeness (QED) is 0.774. The van der Waals surface area contributed by atoms with Crippen LogP contribution in [-0.4, -0.2) is 39.9 Å². The van der Waals surface area contributed by atoms with E-state index in [4.69, 9.17) is 14.2 Å². The zero-order valence-electron chi connectivity index (χ0n) is 12.3. The molecule has 20 heavy (non-hydrogen) atoms. The van der Waals surface area contributed by atoms with Gasteiger partial charge in [0.25, 0.3) is 0 Å². The minimum absolute atomic E-state index is 0.0325. The van der Waals surface area contributed by atoms with Crippen LogP contribution in [-0.2, 0) is 9.53 Å². The number of ether oxygens (including phenoxy) is 3. The van der Waals surface area contributed by atoms with Crippen molar-refractivity contribution in [3.63, 3.8) is 0 Å². The van der Waals surface area contributed by atoms with E-state index in [9.17, 15) is 4.79 Å². The topological polar surface area (TPSA) is 56.8 Å². The molecule has 1 amide bonds. The van der Waals surface area contributed by atoms with Crippen LogP contribution >= 0.6 is 0 Å². The predicted octanol–water partition coefficient (Wildman–Crippen LogP) is 1.87. The van der Waals surface area contributed by atoms with E-state index in [1.54, 1.807) is 33.5 Å². The average Bonchev–Trinajstić information content (AvgIpc) is 2.45. The number of rotatable bonds is 7. The van der Waals surface area contributed by atoms with Gasteiger partial charge in [0.05, 0.1) is 20.8 Å². The van der Waals surface area contributed by atoms with E-state index in [0.717, 1.165) is 5.56 Å². The zero-order valence-corrected chi connectivity index (χ0v) is 12.3. The molecule has 0 aromatic heterocycles. The Labute approximate surface area is 119 Å². The molecule has 5 nitrogen and oxygen atoms in total. The van der Waals surface area contributed by atoms with Crippen LogP contribution in [0, 0.1) is 0 Å². The Morgan fingerprint density at radius 3 is 2.65 bits per heavy atom. The van der Waals surface area contributed by atoms with Gasteiger partial charge in [-0.2, -0.15) is 0 Å². The number of amides is 1. The molecule has 1 N–H and O–H groups in total. The molecule has 5 heteroatoms. The maximum absolute atomic E-state index is 11.7. The fraction of sp³-hybridized carbons (Fsp3) is 0.400. The third-order valence-corrected chi connectivity index (χ3v) is 2.66. The molecule has 0 radical (unpaired) electrons. The third kappa shape index (κ3) is 4.93. The standard InChI is InChI=1S/C15H21NO4/c1-11(10-18-2)16-15(17)8-6-12-5-7-13(19-3)9-14(12)20-4/h5-9,11H,10H2,1-4H3,(H,16,17). The highest BCUT2D eigenvalue weighted by Crippen LogP contribution is 2.25. The average molecular weight is 279 g/mol. The summed E-state index contributed by atoms with van der Waals surface area (Å²) < 4.78 is 15.3. The van der Waals surface area contributed by atoms with Gasteiger partial charge >= 0.3 is 0 Å². The maximum atomic E-state index is 11.7. The van der Waals surface area contributed by atoms with Crippen LogP contribution in [0.25, 0.3) is 6.08 Å². The van der Waals surface area contributed by atoms with Crippen molar-refractivity contribution in [1.82, 2.24) is 5.32 Å². The minimum Gasteiger partial charge on any atom is -0.497 e. The van der Waals surface area contributed by atoms with Crippen molar-refractivity contribution in [3.8, 4) is 11.5 Å². The molecule has 1 aromatic carbocycles. The van der Waals surface area contributed by atoms with Crippen LogP contribution in [0.4, 0.5) is 0 Å². The van der Waals surface area contributed by atoms with Crippen molar-refractivity contribution < 1.29 is 19.0 Å². The second-order valence-electron chi connectivity index (χ2n) is 4.31. The molecule has 1 unspecified atom stereocenters. The molecule has 0 heterocycles. The highest BCUT2D eigenvalue weighted by molar-refractivity contribution is 5.92. The Hall–Kier alpha value is -2.01. The summed E-state index contributed by atoms with van der Waals surface area (Å²) in [5.74, 6) is 1.18. The van der Waals surface area contributed by atoms with E-state index in [-0.39, 0.29) is 11.9 Å². The summed E-state index contributed by atoms with van der Waals surface area (Å²) in [5.41, 5.74) is 0.808. The van der Waals surface area contributed by atoms with Gasteiger partial charge in [0, 0.05) is 30.9 Å². The molecule has 0 aliphatic carbocycles. The molecule has 1 atom stereocenters. The summed E-state index contributed by atoms with van der Waals surface area (Å²) >= 11 is 0. The Morgan fingerprint density at radius 1 is 1.30 bits per heavy atom. The number of carbonyl (C=O) groups is 1. The van der Waals surface area contributed by atoms with Crippen LogP contribution in [0.5, 0.6) is 11.5 Å². The Kier molecular flexibility index (Phi) is 6.59. The molecular formula is C15H21NO4. The molecule has 0 bridgehead atoms. The van der Waals surface area contributed by atoms with Crippen molar-refractivity contribution in [1.29, 1.82) is 0 Å². The van der Waals surface area contributed by atoms with E-state index < -0.39 is 0 Å². The number of nitrogens with one attached hydrogen (secondary N) is 1. The van der Waals surface area contributed by atoms with Gasteiger partial charge in [-0.25, -0.2) is 0 Å². The SMILES string of the molecule is COCC(C)NC(=O)C=Cc1ccc(OC)cc1OC. The van der Waals surface area contributed by atoms with Crippen molar-refractivity contribution >= 4 is 12.0 Å². The lowest BCUT2D eigenvalue weighted by atomic mass is 10.1. The lowest BCUT2D eigenvalue weighted by Crippen LogP contribution is -2.34. The second-order valence-corrected chi connectivity index (χ2v) is 4.31. The molecule has 1 rings (SSSR count). The number of hydrogen-bond acceptors (Lipinski definition) is 4. The summed E-state index contributed by atoms with van der Waals surface area (Å²) in [6, 6.07) is 5.38. The Balaban J connectivity index is 2.72. The van der Waals surface area contributed by atoms with Crippen LogP contribution < -0.4 is 14.8 Å². The normalized spacial score (nSPS) is 12.2. The molecule has 1 aromatic rings. The molecule has 0 spiro atoms. The Bertz CT molecular complexity index is 471. The van der Waals surface area contributed by atoms with E-state index >= 15 is 0 Å². The summed E-state index contributed by atoms with van der Waals surface area (Å²) in [5, 5.41) is 2.79. The van der Waals surface area contributed by atoms with E-state index in [0.29, 0.717) is 18.1 Å². The highest BCUT2D eigenvalue weighted by atomic mass is 16.5. The maximum Gasteiger partial charge on any atom is 0.244 e. The van der Waals surface area contributed by atoms with E-state index in [1.165, 1.54) is 6.08 Å². The van der Waals surface area contributed by atoms with Gasteiger partial charge in [-0.15, -0.1) is 0 Å². The van der Waals surface area contributed by atoms with Crippen molar-refractivity contribution in [2.45, 2.75) is 13.0 Å². The molecular weight excluding hydrogens is 258 g/mol. The van der Waals surface area contributed by atoms with Crippen LogP contribution in [0.3, 0.4) is 0 Å². The summed E-state index contributed by atoms with van der Waals surface area (Å²) in [4.78, 5) is 11.7. The van der Waals surface area contributed by atoms with Gasteiger partial charge in [-0.1, -0.05) is 0 Å². The minimum atomic E-state index is -0.174. The lowest BCUT2D eigenvalue weighted by molar-refractivity contribution is -0.117. The van der Waals surface area contributed by atoms with Gasteiger partial charge in [-0.3, -0.25) is 4.79 Å². The molecule has 0 fully saturated rings. The van der Waals surface area contributed by atoms with E-state index in [2.05, 4.69) is 5.32 Å². The largest absolute Gasteiger partial charge is 0.497 e. The molecule has 0 aliphatic rings. The predicted molar refractivity (Wildman–Crippen MR) is 78.1 cm³/mol. The Morgan fingerprint density at radius 2 is 2.05 bits per heavy atom. The number of carbonyl (C=O) groups excluding carboxylic acids is 1. The fourth-order valence-corrected chi connectivity index (χ4v) is 1.70. The van der Waals surface area contributed by atoms with Crippen molar-refractivity contribution in [2.24, 2.45) is 0 Å². The molecule has 110 valence electrons. The first-order chi connectivity index (χ1) is 9.60. The molecule has 0 saturated carbocycles. The molecule has 0 saturated heterocycles. The van der Waals surface area contributed by atoms with Gasteiger partial charge in [0.15, 0.2) is 0 Å². The van der Waals surface area contributed by atoms with Crippen LogP contribution in [0.15, 0.2) is 24.3 Å². The van der Waals surface area contributed by atoms with Gasteiger partial charge in [0.1, 0.15) is 11.5 Å². The number of benzene rings is 1. The second kappa shape index (κ2) is 8.22. The summed E-state index contributed by atoms with van der Waals surface area (Å²) in [6.07, 6.45) is 3.17. The van der Waals surface area contributed by atoms with Crippen molar-refractivity contribution in [2.75, 3.05) is 27.9 Å². The monoisotopic (exact) mass is 279 g/mol.